The third-order valence-corrected chi connectivity index (χ3v) is 6.12. The minimum atomic E-state index is -0.448. The molecule has 0 unspecified atom stereocenters. The predicted octanol–water partition coefficient (Wildman–Crippen LogP) is 6.15. The second kappa shape index (κ2) is 7.88. The first-order chi connectivity index (χ1) is 15.4. The molecule has 0 saturated heterocycles. The normalized spacial score (nSPS) is 14.5. The molecule has 2 heterocycles. The van der Waals surface area contributed by atoms with E-state index in [1.807, 2.05) is 27.0 Å². The van der Waals surface area contributed by atoms with Crippen molar-refractivity contribution in [3.05, 3.63) is 71.4 Å². The van der Waals surface area contributed by atoms with Crippen molar-refractivity contribution in [2.75, 3.05) is 13.2 Å². The van der Waals surface area contributed by atoms with Gasteiger partial charge in [-0.05, 0) is 78.9 Å². The lowest BCUT2D eigenvalue weighted by atomic mass is 9.85. The summed E-state index contributed by atoms with van der Waals surface area (Å²) in [5.41, 5.74) is 6.03. The van der Waals surface area contributed by atoms with Gasteiger partial charge in [-0.1, -0.05) is 30.3 Å². The fourth-order valence-electron chi connectivity index (χ4n) is 4.93. The van der Waals surface area contributed by atoms with E-state index in [0.29, 0.717) is 6.61 Å². The smallest absolute Gasteiger partial charge is 0.129 e. The van der Waals surface area contributed by atoms with Crippen LogP contribution in [0.5, 0.6) is 5.75 Å². The van der Waals surface area contributed by atoms with Gasteiger partial charge in [0, 0.05) is 23.6 Å². The van der Waals surface area contributed by atoms with Crippen LogP contribution in [0.1, 0.15) is 43.6 Å². The first-order valence-electron chi connectivity index (χ1n) is 11.2. The van der Waals surface area contributed by atoms with Gasteiger partial charge in [-0.2, -0.15) is 0 Å². The largest absolute Gasteiger partial charge is 0.493 e. The van der Waals surface area contributed by atoms with Crippen molar-refractivity contribution >= 4 is 21.7 Å². The molecule has 0 radical (unpaired) electrons. The first kappa shape index (κ1) is 20.9. The summed E-state index contributed by atoms with van der Waals surface area (Å²) < 4.78 is 12.3. The number of aliphatic hydroxyl groups is 1. The quantitative estimate of drug-likeness (QED) is 0.425. The molecule has 0 fully saturated rings. The average Bonchev–Trinajstić information content (AvgIpc) is 2.77. The topological polar surface area (TPSA) is 51.6 Å². The van der Waals surface area contributed by atoms with E-state index in [9.17, 15) is 5.11 Å². The number of benzene rings is 3. The molecule has 4 aromatic rings. The van der Waals surface area contributed by atoms with Gasteiger partial charge in [0.15, 0.2) is 0 Å². The second-order valence-electron chi connectivity index (χ2n) is 9.51. The third-order valence-electron chi connectivity index (χ3n) is 6.12. The van der Waals surface area contributed by atoms with Crippen LogP contribution in [0.25, 0.3) is 32.8 Å². The Morgan fingerprint density at radius 2 is 1.94 bits per heavy atom. The van der Waals surface area contributed by atoms with Gasteiger partial charge in [-0.15, -0.1) is 0 Å². The number of aromatic nitrogens is 1. The summed E-state index contributed by atoms with van der Waals surface area (Å²) in [5.74, 6) is 0.890. The molecule has 4 nitrogen and oxygen atoms in total. The molecule has 0 aliphatic carbocycles. The van der Waals surface area contributed by atoms with E-state index < -0.39 is 11.7 Å². The van der Waals surface area contributed by atoms with Gasteiger partial charge in [0.25, 0.3) is 0 Å². The Kier molecular flexibility index (Phi) is 5.15. The molecular weight excluding hydrogens is 398 g/mol. The second-order valence-corrected chi connectivity index (χ2v) is 9.51. The number of aryl methyl sites for hydroxylation is 1. The molecule has 0 saturated carbocycles. The van der Waals surface area contributed by atoms with Crippen molar-refractivity contribution in [1.29, 1.82) is 0 Å². The molecule has 1 N–H and O–H groups in total. The Morgan fingerprint density at radius 1 is 1.12 bits per heavy atom. The minimum Gasteiger partial charge on any atom is -0.493 e. The zero-order valence-corrected chi connectivity index (χ0v) is 19.1. The summed E-state index contributed by atoms with van der Waals surface area (Å²) in [7, 11) is 0. The molecule has 1 aliphatic heterocycles. The summed E-state index contributed by atoms with van der Waals surface area (Å²) in [6.07, 6.45) is 2.32. The number of nitrogens with zero attached hydrogens (tertiary/aromatic N) is 1. The van der Waals surface area contributed by atoms with Crippen LogP contribution in [0.2, 0.25) is 0 Å². The van der Waals surface area contributed by atoms with E-state index >= 15 is 0 Å². The summed E-state index contributed by atoms with van der Waals surface area (Å²) in [5, 5.41) is 13.8. The summed E-state index contributed by atoms with van der Waals surface area (Å²) in [6, 6.07) is 16.8. The molecule has 0 bridgehead atoms. The Balaban J connectivity index is 1.88. The van der Waals surface area contributed by atoms with Crippen LogP contribution in [-0.4, -0.2) is 28.9 Å². The molecule has 1 aromatic heterocycles. The highest BCUT2D eigenvalue weighted by molar-refractivity contribution is 6.08. The number of fused-ring (bicyclic) bond motifs is 1. The van der Waals surface area contributed by atoms with Crippen molar-refractivity contribution in [3.63, 3.8) is 0 Å². The lowest BCUT2D eigenvalue weighted by Gasteiger charge is -2.30. The van der Waals surface area contributed by atoms with Gasteiger partial charge in [0.05, 0.1) is 24.3 Å². The van der Waals surface area contributed by atoms with E-state index in [-0.39, 0.29) is 6.61 Å². The predicted molar refractivity (Wildman–Crippen MR) is 129 cm³/mol. The van der Waals surface area contributed by atoms with Gasteiger partial charge in [-0.3, -0.25) is 4.98 Å². The van der Waals surface area contributed by atoms with Crippen LogP contribution in [0.15, 0.2) is 54.7 Å². The molecule has 3 aromatic carbocycles. The maximum absolute atomic E-state index is 10.4. The molecule has 5 rings (SSSR count). The SMILES string of the molecule is Cc1cc2ccccc2c(-c2ccc3c4c(ccnc24)CCO3)c1[C@H](CO)OC(C)(C)C. The van der Waals surface area contributed by atoms with Gasteiger partial charge in [0.1, 0.15) is 11.9 Å². The van der Waals surface area contributed by atoms with Crippen LogP contribution >= 0.6 is 0 Å². The van der Waals surface area contributed by atoms with Crippen LogP contribution in [-0.2, 0) is 11.2 Å². The van der Waals surface area contributed by atoms with E-state index in [1.165, 1.54) is 5.56 Å². The lowest BCUT2D eigenvalue weighted by molar-refractivity contribution is -0.0821. The standard InChI is InChI=1S/C28H29NO3/c1-17-15-19-7-5-6-8-20(19)26(24(17)23(16-30)32-28(2,3)4)21-9-10-22-25-18(12-14-31-22)11-13-29-27(21)25/h5-11,13,15,23,30H,12,14,16H2,1-4H3/t23-/m0/s1. The summed E-state index contributed by atoms with van der Waals surface area (Å²) in [4.78, 5) is 4.81. The molecule has 1 aliphatic rings. The lowest BCUT2D eigenvalue weighted by Crippen LogP contribution is -2.25. The van der Waals surface area contributed by atoms with E-state index in [2.05, 4.69) is 55.5 Å². The zero-order chi connectivity index (χ0) is 22.5. The molecule has 32 heavy (non-hydrogen) atoms. The highest BCUT2D eigenvalue weighted by Crippen LogP contribution is 2.44. The van der Waals surface area contributed by atoms with Crippen LogP contribution in [0, 0.1) is 6.92 Å². The Bertz CT molecular complexity index is 1310. The van der Waals surface area contributed by atoms with Crippen LogP contribution < -0.4 is 4.74 Å². The zero-order valence-electron chi connectivity index (χ0n) is 19.1. The number of rotatable bonds is 4. The van der Waals surface area contributed by atoms with Crippen molar-refractivity contribution in [2.45, 2.75) is 45.8 Å². The summed E-state index contributed by atoms with van der Waals surface area (Å²) in [6.45, 7) is 8.76. The number of ether oxygens (including phenoxy) is 2. The average molecular weight is 428 g/mol. The Hall–Kier alpha value is -2.95. The Labute approximate surface area is 188 Å². The van der Waals surface area contributed by atoms with Crippen molar-refractivity contribution < 1.29 is 14.6 Å². The van der Waals surface area contributed by atoms with Crippen molar-refractivity contribution in [3.8, 4) is 16.9 Å². The van der Waals surface area contributed by atoms with Crippen molar-refractivity contribution in [2.24, 2.45) is 0 Å². The number of aliphatic hydroxyl groups excluding tert-OH is 1. The Morgan fingerprint density at radius 3 is 2.72 bits per heavy atom. The number of hydrogen-bond acceptors (Lipinski definition) is 4. The number of pyridine rings is 1. The fourth-order valence-corrected chi connectivity index (χ4v) is 4.93. The van der Waals surface area contributed by atoms with Gasteiger partial charge < -0.3 is 14.6 Å². The van der Waals surface area contributed by atoms with Gasteiger partial charge in [-0.25, -0.2) is 0 Å². The fraction of sp³-hybridized carbons (Fsp3) is 0.321. The molecule has 0 amide bonds. The van der Waals surface area contributed by atoms with Crippen LogP contribution in [0.3, 0.4) is 0 Å². The van der Waals surface area contributed by atoms with E-state index in [1.54, 1.807) is 0 Å². The maximum atomic E-state index is 10.4. The summed E-state index contributed by atoms with van der Waals surface area (Å²) >= 11 is 0. The maximum Gasteiger partial charge on any atom is 0.129 e. The van der Waals surface area contributed by atoms with Crippen LogP contribution in [0.4, 0.5) is 0 Å². The molecule has 0 spiro atoms. The van der Waals surface area contributed by atoms with Crippen molar-refractivity contribution in [1.82, 2.24) is 4.98 Å². The minimum absolute atomic E-state index is 0.0960. The van der Waals surface area contributed by atoms with E-state index in [4.69, 9.17) is 14.5 Å². The highest BCUT2D eigenvalue weighted by Gasteiger charge is 2.27. The number of hydrogen-bond donors (Lipinski definition) is 1. The molecule has 1 atom stereocenters. The van der Waals surface area contributed by atoms with E-state index in [0.717, 1.165) is 56.1 Å². The third kappa shape index (κ3) is 3.54. The molecular formula is C28H29NO3. The monoisotopic (exact) mass is 427 g/mol. The molecule has 4 heteroatoms. The molecule has 164 valence electrons. The van der Waals surface area contributed by atoms with Gasteiger partial charge >= 0.3 is 0 Å². The van der Waals surface area contributed by atoms with Gasteiger partial charge in [0.2, 0.25) is 0 Å². The first-order valence-corrected chi connectivity index (χ1v) is 11.2. The highest BCUT2D eigenvalue weighted by atomic mass is 16.5.